The molecule has 1 unspecified atom stereocenters. The Morgan fingerprint density at radius 2 is 2.17 bits per heavy atom. The van der Waals surface area contributed by atoms with Crippen LogP contribution < -0.4 is 0 Å². The van der Waals surface area contributed by atoms with E-state index in [4.69, 9.17) is 4.74 Å². The minimum Gasteiger partial charge on any atom is -0.374 e. The number of hydrogen-bond acceptors (Lipinski definition) is 4. The molecule has 2 aliphatic rings. The Kier molecular flexibility index (Phi) is 2.65. The van der Waals surface area contributed by atoms with Crippen LogP contribution in [0.25, 0.3) is 0 Å². The largest absolute Gasteiger partial charge is 0.374 e. The van der Waals surface area contributed by atoms with Crippen LogP contribution in [0.2, 0.25) is 0 Å². The normalized spacial score (nSPS) is 23.4. The smallest absolute Gasteiger partial charge is 0.284 e. The van der Waals surface area contributed by atoms with Crippen LogP contribution in [-0.2, 0) is 16.0 Å². The van der Waals surface area contributed by atoms with Crippen molar-refractivity contribution in [3.8, 4) is 0 Å². The molecular formula is C13H13NO4. The van der Waals surface area contributed by atoms with Crippen molar-refractivity contribution < 1.29 is 19.5 Å². The van der Waals surface area contributed by atoms with Crippen LogP contribution in [0.15, 0.2) is 18.2 Å². The van der Waals surface area contributed by atoms with Crippen molar-refractivity contribution in [2.24, 2.45) is 0 Å². The van der Waals surface area contributed by atoms with Gasteiger partial charge in [-0.2, -0.15) is 5.06 Å². The maximum Gasteiger partial charge on any atom is 0.284 e. The highest BCUT2D eigenvalue weighted by molar-refractivity contribution is 6.08. The number of amides is 2. The van der Waals surface area contributed by atoms with Crippen LogP contribution in [-0.4, -0.2) is 28.7 Å². The maximum atomic E-state index is 11.8. The molecule has 1 fully saturated rings. The average molecular weight is 247 g/mol. The molecule has 3 rings (SSSR count). The average Bonchev–Trinajstić information content (AvgIpc) is 2.90. The Morgan fingerprint density at radius 3 is 2.89 bits per heavy atom. The summed E-state index contributed by atoms with van der Waals surface area (Å²) in [7, 11) is 0. The summed E-state index contributed by atoms with van der Waals surface area (Å²) in [4.78, 5) is 23.1. The second kappa shape index (κ2) is 4.19. The zero-order valence-electron chi connectivity index (χ0n) is 9.76. The summed E-state index contributed by atoms with van der Waals surface area (Å²) < 4.78 is 5.56. The van der Waals surface area contributed by atoms with Crippen molar-refractivity contribution in [1.82, 2.24) is 5.06 Å². The monoisotopic (exact) mass is 247 g/mol. The molecule has 1 saturated heterocycles. The molecule has 1 N–H and O–H groups in total. The fourth-order valence-corrected chi connectivity index (χ4v) is 2.45. The van der Waals surface area contributed by atoms with E-state index in [-0.39, 0.29) is 17.6 Å². The minimum atomic E-state index is -0.652. The van der Waals surface area contributed by atoms with Crippen molar-refractivity contribution in [1.29, 1.82) is 0 Å². The summed E-state index contributed by atoms with van der Waals surface area (Å²) in [6, 6.07) is 5.39. The van der Waals surface area contributed by atoms with Crippen LogP contribution in [0, 0.1) is 0 Å². The lowest BCUT2D eigenvalue weighted by Gasteiger charge is -2.22. The Labute approximate surface area is 104 Å². The van der Waals surface area contributed by atoms with E-state index in [1.165, 1.54) is 0 Å². The van der Waals surface area contributed by atoms with Gasteiger partial charge < -0.3 is 4.74 Å². The van der Waals surface area contributed by atoms with Crippen LogP contribution >= 0.6 is 0 Å². The van der Waals surface area contributed by atoms with E-state index in [0.717, 1.165) is 25.0 Å². The SMILES string of the molecule is O=C1Cc2ccc(C3CCCO3)cc2C(=O)N1O. The van der Waals surface area contributed by atoms with Crippen molar-refractivity contribution in [2.75, 3.05) is 6.61 Å². The van der Waals surface area contributed by atoms with E-state index in [9.17, 15) is 14.8 Å². The van der Waals surface area contributed by atoms with E-state index in [1.807, 2.05) is 6.07 Å². The van der Waals surface area contributed by atoms with E-state index in [2.05, 4.69) is 0 Å². The summed E-state index contributed by atoms with van der Waals surface area (Å²) >= 11 is 0. The molecule has 18 heavy (non-hydrogen) atoms. The fourth-order valence-electron chi connectivity index (χ4n) is 2.45. The molecule has 0 spiro atoms. The van der Waals surface area contributed by atoms with Gasteiger partial charge in [0.25, 0.3) is 11.8 Å². The first-order valence-corrected chi connectivity index (χ1v) is 5.97. The second-order valence-corrected chi connectivity index (χ2v) is 4.61. The summed E-state index contributed by atoms with van der Waals surface area (Å²) in [6.45, 7) is 0.736. The maximum absolute atomic E-state index is 11.8. The van der Waals surface area contributed by atoms with Crippen molar-refractivity contribution in [3.63, 3.8) is 0 Å². The molecule has 0 bridgehead atoms. The van der Waals surface area contributed by atoms with Crippen LogP contribution in [0.5, 0.6) is 0 Å². The second-order valence-electron chi connectivity index (χ2n) is 4.61. The van der Waals surface area contributed by atoms with Gasteiger partial charge >= 0.3 is 0 Å². The molecule has 5 nitrogen and oxygen atoms in total. The van der Waals surface area contributed by atoms with Gasteiger partial charge in [0.1, 0.15) is 0 Å². The predicted molar refractivity (Wildman–Crippen MR) is 61.0 cm³/mol. The van der Waals surface area contributed by atoms with Gasteiger partial charge in [0.2, 0.25) is 0 Å². The molecule has 2 amide bonds. The number of benzene rings is 1. The number of carbonyl (C=O) groups is 2. The van der Waals surface area contributed by atoms with Crippen molar-refractivity contribution in [2.45, 2.75) is 25.4 Å². The van der Waals surface area contributed by atoms with Gasteiger partial charge in [-0.25, -0.2) is 0 Å². The molecule has 0 aromatic heterocycles. The lowest BCUT2D eigenvalue weighted by molar-refractivity contribution is -0.153. The molecule has 94 valence electrons. The van der Waals surface area contributed by atoms with E-state index in [0.29, 0.717) is 11.1 Å². The zero-order valence-corrected chi connectivity index (χ0v) is 9.76. The summed E-state index contributed by atoms with van der Waals surface area (Å²) in [5, 5.41) is 9.55. The number of fused-ring (bicyclic) bond motifs is 1. The first kappa shape index (κ1) is 11.4. The van der Waals surface area contributed by atoms with E-state index < -0.39 is 11.8 Å². The Bertz CT molecular complexity index is 520. The number of carbonyl (C=O) groups excluding carboxylic acids is 2. The highest BCUT2D eigenvalue weighted by atomic mass is 16.5. The van der Waals surface area contributed by atoms with Gasteiger partial charge in [0.15, 0.2) is 0 Å². The Hall–Kier alpha value is -1.72. The predicted octanol–water partition coefficient (Wildman–Crippen LogP) is 1.45. The van der Waals surface area contributed by atoms with Gasteiger partial charge in [0, 0.05) is 12.2 Å². The standard InChI is InChI=1S/C13H13NO4/c15-12-7-8-3-4-9(11-2-1-5-18-11)6-10(8)13(16)14(12)17/h3-4,6,11,17H,1-2,5,7H2. The van der Waals surface area contributed by atoms with E-state index in [1.54, 1.807) is 12.1 Å². The number of imide groups is 1. The quantitative estimate of drug-likeness (QED) is 0.602. The number of hydrogen-bond donors (Lipinski definition) is 1. The molecule has 5 heteroatoms. The lowest BCUT2D eigenvalue weighted by Crippen LogP contribution is -2.39. The molecule has 0 radical (unpaired) electrons. The van der Waals surface area contributed by atoms with Crippen LogP contribution in [0.4, 0.5) is 0 Å². The van der Waals surface area contributed by atoms with Crippen LogP contribution in [0.1, 0.15) is 40.4 Å². The summed E-state index contributed by atoms with van der Waals surface area (Å²) in [5.41, 5.74) is 1.99. The third kappa shape index (κ3) is 1.72. The number of nitrogens with zero attached hydrogens (tertiary/aromatic N) is 1. The number of ether oxygens (including phenoxy) is 1. The molecule has 1 atom stereocenters. The number of hydroxylamine groups is 2. The van der Waals surface area contributed by atoms with Crippen molar-refractivity contribution >= 4 is 11.8 Å². The van der Waals surface area contributed by atoms with Gasteiger partial charge in [-0.1, -0.05) is 12.1 Å². The van der Waals surface area contributed by atoms with Gasteiger partial charge in [0.05, 0.1) is 12.5 Å². The zero-order chi connectivity index (χ0) is 12.7. The van der Waals surface area contributed by atoms with Crippen LogP contribution in [0.3, 0.4) is 0 Å². The lowest BCUT2D eigenvalue weighted by atomic mass is 9.95. The molecular weight excluding hydrogens is 234 g/mol. The van der Waals surface area contributed by atoms with Gasteiger partial charge in [-0.15, -0.1) is 0 Å². The van der Waals surface area contributed by atoms with Crippen molar-refractivity contribution in [3.05, 3.63) is 34.9 Å². The summed E-state index contributed by atoms with van der Waals surface area (Å²) in [6.07, 6.45) is 2.03. The molecule has 1 aromatic rings. The van der Waals surface area contributed by atoms with E-state index >= 15 is 0 Å². The van der Waals surface area contributed by atoms with Gasteiger partial charge in [-0.3, -0.25) is 14.8 Å². The molecule has 0 aliphatic carbocycles. The first-order valence-electron chi connectivity index (χ1n) is 5.97. The number of rotatable bonds is 1. The highest BCUT2D eigenvalue weighted by Crippen LogP contribution is 2.31. The Balaban J connectivity index is 1.99. The van der Waals surface area contributed by atoms with Gasteiger partial charge in [-0.05, 0) is 30.0 Å². The molecule has 0 saturated carbocycles. The minimum absolute atomic E-state index is 0.0212. The Morgan fingerprint density at radius 1 is 1.33 bits per heavy atom. The third-order valence-electron chi connectivity index (χ3n) is 3.44. The topological polar surface area (TPSA) is 66.8 Å². The molecule has 2 aliphatic heterocycles. The summed E-state index contributed by atoms with van der Waals surface area (Å²) in [5.74, 6) is -1.24. The molecule has 1 aromatic carbocycles. The fraction of sp³-hybridized carbons (Fsp3) is 0.385. The third-order valence-corrected chi connectivity index (χ3v) is 3.44. The first-order chi connectivity index (χ1) is 8.66. The molecule has 2 heterocycles. The highest BCUT2D eigenvalue weighted by Gasteiger charge is 2.31.